The lowest BCUT2D eigenvalue weighted by Crippen LogP contribution is -2.63. The Bertz CT molecular complexity index is 775. The summed E-state index contributed by atoms with van der Waals surface area (Å²) in [5, 5.41) is 33.3. The predicted molar refractivity (Wildman–Crippen MR) is 79.8 cm³/mol. The lowest BCUT2D eigenvalue weighted by molar-refractivity contribution is -0.187. The Morgan fingerprint density at radius 2 is 1.74 bits per heavy atom. The summed E-state index contributed by atoms with van der Waals surface area (Å²) in [6.45, 7) is 0.672. The number of nitrogens with zero attached hydrogens (tertiary/aromatic N) is 3. The number of carbonyl (C=O) groups excluding carboxylic acids is 1. The number of ether oxygens (including phenoxy) is 1. The Kier molecular flexibility index (Phi) is 6.23. The molecule has 4 N–H and O–H groups in total. The number of nitrogens with one attached hydrogen (secondary N) is 1. The van der Waals surface area contributed by atoms with E-state index < -0.39 is 77.5 Å². The van der Waals surface area contributed by atoms with E-state index in [1.807, 2.05) is 10.2 Å². The summed E-state index contributed by atoms with van der Waals surface area (Å²) in [7, 11) is 0. The van der Waals surface area contributed by atoms with Crippen molar-refractivity contribution in [1.29, 1.82) is 0 Å². The van der Waals surface area contributed by atoms with Gasteiger partial charge in [-0.05, 0) is 12.5 Å². The van der Waals surface area contributed by atoms with E-state index in [-0.39, 0.29) is 0 Å². The maximum Gasteiger partial charge on any atom is 0.257 e. The Morgan fingerprint density at radius 1 is 1.19 bits per heavy atom. The van der Waals surface area contributed by atoms with Crippen LogP contribution in [0.25, 0.3) is 10.4 Å². The van der Waals surface area contributed by atoms with Gasteiger partial charge in [-0.15, -0.1) is 0 Å². The Morgan fingerprint density at radius 3 is 2.22 bits per heavy atom. The minimum atomic E-state index is -2.11. The molecule has 1 saturated heterocycles. The largest absolute Gasteiger partial charge is 0.394 e. The summed E-state index contributed by atoms with van der Waals surface area (Å²) in [4.78, 5) is 14.2. The molecular weight excluding hydrogens is 380 g/mol. The zero-order valence-corrected chi connectivity index (χ0v) is 13.6. The van der Waals surface area contributed by atoms with E-state index in [0.29, 0.717) is 0 Å². The van der Waals surface area contributed by atoms with Crippen LogP contribution in [-0.2, 0) is 4.74 Å². The van der Waals surface area contributed by atoms with Crippen molar-refractivity contribution in [3.05, 3.63) is 39.3 Å². The number of halogens is 4. The monoisotopic (exact) mass is 394 g/mol. The Balaban J connectivity index is 2.38. The van der Waals surface area contributed by atoms with Gasteiger partial charge in [0.15, 0.2) is 23.3 Å². The highest BCUT2D eigenvalue weighted by atomic mass is 19.2. The van der Waals surface area contributed by atoms with Gasteiger partial charge in [0.2, 0.25) is 0 Å². The molecule has 1 aromatic rings. The van der Waals surface area contributed by atoms with Gasteiger partial charge in [0, 0.05) is 4.91 Å². The second-order valence-corrected chi connectivity index (χ2v) is 5.71. The standard InChI is InChI=1S/C14H14F4N4O5/c1-3-10(13(25)12(24)4(2-23)27-3)20-14(26)5-6(15)8(17)11(21-22-19)9(18)7(5)16/h3-4,10,12-13,23-25H,2H2,1H3,(H,20,26)/t3-,4?,10?,12+,13-/m1/s1. The van der Waals surface area contributed by atoms with Crippen LogP contribution in [0.1, 0.15) is 17.3 Å². The first-order valence-corrected chi connectivity index (χ1v) is 7.50. The molecule has 27 heavy (non-hydrogen) atoms. The van der Waals surface area contributed by atoms with E-state index in [1.54, 1.807) is 0 Å². The van der Waals surface area contributed by atoms with Gasteiger partial charge in [-0.25, -0.2) is 17.6 Å². The average Bonchev–Trinajstić information content (AvgIpc) is 2.63. The third kappa shape index (κ3) is 3.68. The number of hydrogen-bond acceptors (Lipinski definition) is 6. The van der Waals surface area contributed by atoms with E-state index >= 15 is 0 Å². The van der Waals surface area contributed by atoms with Crippen LogP contribution < -0.4 is 5.32 Å². The molecule has 0 spiro atoms. The SMILES string of the molecule is C[C@H]1OC(CO)[C@H](O)[C@H](O)C1NC(=O)c1c(F)c(F)c(N=[N+]=[N-])c(F)c1F. The van der Waals surface area contributed by atoms with Crippen LogP contribution in [0.2, 0.25) is 0 Å². The molecule has 1 heterocycles. The van der Waals surface area contributed by atoms with Crippen LogP contribution in [0.5, 0.6) is 0 Å². The lowest BCUT2D eigenvalue weighted by Gasteiger charge is -2.41. The van der Waals surface area contributed by atoms with Gasteiger partial charge in [0.1, 0.15) is 29.6 Å². The zero-order chi connectivity index (χ0) is 20.5. The van der Waals surface area contributed by atoms with E-state index in [0.717, 1.165) is 0 Å². The lowest BCUT2D eigenvalue weighted by atomic mass is 9.93. The number of amides is 1. The molecule has 0 radical (unpaired) electrons. The molecule has 0 bridgehead atoms. The molecule has 1 fully saturated rings. The normalized spacial score (nSPS) is 27.8. The molecule has 2 unspecified atom stereocenters. The second kappa shape index (κ2) is 8.06. The fourth-order valence-corrected chi connectivity index (χ4v) is 2.68. The van der Waals surface area contributed by atoms with Crippen LogP contribution in [0.15, 0.2) is 5.11 Å². The number of benzene rings is 1. The van der Waals surface area contributed by atoms with Gasteiger partial charge < -0.3 is 25.4 Å². The van der Waals surface area contributed by atoms with Crippen LogP contribution in [-0.4, -0.2) is 58.3 Å². The first kappa shape index (κ1) is 20.9. The van der Waals surface area contributed by atoms with Crippen LogP contribution >= 0.6 is 0 Å². The molecule has 1 amide bonds. The van der Waals surface area contributed by atoms with E-state index in [1.165, 1.54) is 6.92 Å². The smallest absolute Gasteiger partial charge is 0.257 e. The first-order valence-electron chi connectivity index (χ1n) is 7.50. The van der Waals surface area contributed by atoms with Crippen molar-refractivity contribution < 1.29 is 42.4 Å². The van der Waals surface area contributed by atoms with Crippen molar-refractivity contribution in [2.24, 2.45) is 5.11 Å². The number of aliphatic hydroxyl groups excluding tert-OH is 3. The zero-order valence-electron chi connectivity index (χ0n) is 13.6. The number of azide groups is 1. The summed E-state index contributed by atoms with van der Waals surface area (Å²) in [5.74, 6) is -10.0. The highest BCUT2D eigenvalue weighted by Crippen LogP contribution is 2.31. The number of carbonyl (C=O) groups is 1. The Hall–Kier alpha value is -2.44. The van der Waals surface area contributed by atoms with Crippen LogP contribution in [0, 0.1) is 23.3 Å². The predicted octanol–water partition coefficient (Wildman–Crippen LogP) is 0.785. The summed E-state index contributed by atoms with van der Waals surface area (Å²) in [6, 6.07) is -1.42. The van der Waals surface area contributed by atoms with Crippen molar-refractivity contribution in [3.63, 3.8) is 0 Å². The third-order valence-electron chi connectivity index (χ3n) is 4.08. The molecule has 9 nitrogen and oxygen atoms in total. The maximum absolute atomic E-state index is 14.0. The van der Waals surface area contributed by atoms with Crippen molar-refractivity contribution in [2.45, 2.75) is 37.4 Å². The molecule has 5 atom stereocenters. The number of aliphatic hydroxyl groups is 3. The van der Waals surface area contributed by atoms with Crippen molar-refractivity contribution in [3.8, 4) is 0 Å². The highest BCUT2D eigenvalue weighted by molar-refractivity contribution is 5.95. The van der Waals surface area contributed by atoms with E-state index in [9.17, 15) is 32.6 Å². The molecule has 0 saturated carbocycles. The Labute approximate surface area is 148 Å². The summed E-state index contributed by atoms with van der Waals surface area (Å²) >= 11 is 0. The van der Waals surface area contributed by atoms with Gasteiger partial charge in [0.05, 0.1) is 18.8 Å². The number of hydrogen-bond donors (Lipinski definition) is 4. The quantitative estimate of drug-likeness (QED) is 0.196. The van der Waals surface area contributed by atoms with Gasteiger partial charge in [-0.3, -0.25) is 4.79 Å². The average molecular weight is 394 g/mol. The molecule has 1 aliphatic heterocycles. The summed E-state index contributed by atoms with van der Waals surface area (Å²) in [5.41, 5.74) is 4.95. The van der Waals surface area contributed by atoms with Crippen molar-refractivity contribution >= 4 is 11.6 Å². The molecule has 13 heteroatoms. The molecule has 0 aliphatic carbocycles. The highest BCUT2D eigenvalue weighted by Gasteiger charge is 2.43. The minimum absolute atomic E-state index is 0.649. The van der Waals surface area contributed by atoms with Gasteiger partial charge in [-0.1, -0.05) is 5.11 Å². The first-order chi connectivity index (χ1) is 12.6. The molecule has 0 aromatic heterocycles. The van der Waals surface area contributed by atoms with Crippen LogP contribution in [0.3, 0.4) is 0 Å². The molecule has 2 rings (SSSR count). The van der Waals surface area contributed by atoms with E-state index in [2.05, 4.69) is 5.11 Å². The third-order valence-corrected chi connectivity index (χ3v) is 4.08. The fraction of sp³-hybridized carbons (Fsp3) is 0.500. The molecular formula is C14H14F4N4O5. The van der Waals surface area contributed by atoms with Crippen molar-refractivity contribution in [2.75, 3.05) is 6.61 Å². The van der Waals surface area contributed by atoms with Gasteiger partial charge >= 0.3 is 0 Å². The van der Waals surface area contributed by atoms with Crippen LogP contribution in [0.4, 0.5) is 23.2 Å². The molecule has 1 aliphatic rings. The molecule has 148 valence electrons. The second-order valence-electron chi connectivity index (χ2n) is 5.71. The summed E-state index contributed by atoms with van der Waals surface area (Å²) < 4.78 is 60.7. The van der Waals surface area contributed by atoms with Gasteiger partial charge in [-0.2, -0.15) is 0 Å². The van der Waals surface area contributed by atoms with Crippen molar-refractivity contribution in [1.82, 2.24) is 5.32 Å². The fourth-order valence-electron chi connectivity index (χ4n) is 2.68. The minimum Gasteiger partial charge on any atom is -0.394 e. The van der Waals surface area contributed by atoms with E-state index in [4.69, 9.17) is 15.4 Å². The maximum atomic E-state index is 14.0. The topological polar surface area (TPSA) is 148 Å². The molecule has 1 aromatic carbocycles. The summed E-state index contributed by atoms with van der Waals surface area (Å²) in [6.07, 6.45) is -5.56. The number of rotatable bonds is 4. The van der Waals surface area contributed by atoms with Gasteiger partial charge in [0.25, 0.3) is 5.91 Å².